The monoisotopic (exact) mass is 583 g/mol. The summed E-state index contributed by atoms with van der Waals surface area (Å²) in [6.45, 7) is 6.09. The summed E-state index contributed by atoms with van der Waals surface area (Å²) in [7, 11) is 6.84. The standard InChI is InChI=1S/C29H32F3N7O3/c1-7-26(40)35-21-13-22(25(42-6)14-20(21)33-15-17(2)38(3)4)36-28-34-16-19(29(30,31)32)27(37-28)39-12-11-18-23(39)9-8-10-24(18)41-5/h7-14,16-17,33H,1,15H2,2-6H3,(H,35,40)(H,34,36,37). The van der Waals surface area contributed by atoms with Gasteiger partial charge in [-0.15, -0.1) is 0 Å². The quantitative estimate of drug-likeness (QED) is 0.194. The van der Waals surface area contributed by atoms with E-state index in [2.05, 4.69) is 32.5 Å². The Morgan fingerprint density at radius 2 is 1.86 bits per heavy atom. The Kier molecular flexibility index (Phi) is 8.90. The van der Waals surface area contributed by atoms with Crippen molar-refractivity contribution < 1.29 is 27.4 Å². The fraction of sp³-hybridized carbons (Fsp3) is 0.276. The topological polar surface area (TPSA) is 106 Å². The predicted octanol–water partition coefficient (Wildman–Crippen LogP) is 5.69. The molecule has 222 valence electrons. The van der Waals surface area contributed by atoms with Gasteiger partial charge in [-0.1, -0.05) is 12.6 Å². The second-order valence-electron chi connectivity index (χ2n) is 9.62. The van der Waals surface area contributed by atoms with E-state index < -0.39 is 17.6 Å². The highest BCUT2D eigenvalue weighted by atomic mass is 19.4. The first kappa shape index (κ1) is 30.2. The van der Waals surface area contributed by atoms with Crippen LogP contribution in [0.15, 0.2) is 61.4 Å². The average Bonchev–Trinajstić information content (AvgIpc) is 3.40. The summed E-state index contributed by atoms with van der Waals surface area (Å²) in [5.41, 5.74) is 0.730. The molecule has 0 saturated carbocycles. The zero-order chi connectivity index (χ0) is 30.6. The molecule has 0 aliphatic heterocycles. The molecule has 2 heterocycles. The maximum absolute atomic E-state index is 14.1. The molecule has 2 aromatic heterocycles. The number of fused-ring (bicyclic) bond motifs is 1. The van der Waals surface area contributed by atoms with Gasteiger partial charge >= 0.3 is 6.18 Å². The lowest BCUT2D eigenvalue weighted by atomic mass is 10.2. The molecule has 0 radical (unpaired) electrons. The number of nitrogens with zero attached hydrogens (tertiary/aromatic N) is 4. The number of rotatable bonds is 11. The van der Waals surface area contributed by atoms with Gasteiger partial charge in [-0.2, -0.15) is 18.2 Å². The first-order chi connectivity index (χ1) is 20.0. The first-order valence-corrected chi connectivity index (χ1v) is 12.9. The van der Waals surface area contributed by atoms with Crippen molar-refractivity contribution in [3.05, 3.63) is 67.0 Å². The van der Waals surface area contributed by atoms with Crippen LogP contribution in [0.4, 0.5) is 36.2 Å². The number of hydrogen-bond acceptors (Lipinski definition) is 8. The molecule has 0 bridgehead atoms. The number of benzene rings is 2. The van der Waals surface area contributed by atoms with Crippen molar-refractivity contribution >= 4 is 39.8 Å². The minimum Gasteiger partial charge on any atom is -0.496 e. The van der Waals surface area contributed by atoms with Crippen molar-refractivity contribution in [2.75, 3.05) is 50.8 Å². The molecule has 0 saturated heterocycles. The van der Waals surface area contributed by atoms with Gasteiger partial charge in [-0.3, -0.25) is 4.79 Å². The van der Waals surface area contributed by atoms with Crippen molar-refractivity contribution in [2.45, 2.75) is 19.1 Å². The number of ether oxygens (including phenoxy) is 2. The summed E-state index contributed by atoms with van der Waals surface area (Å²) in [5, 5.41) is 9.62. The first-order valence-electron chi connectivity index (χ1n) is 12.9. The van der Waals surface area contributed by atoms with E-state index in [1.807, 2.05) is 25.9 Å². The van der Waals surface area contributed by atoms with Gasteiger partial charge in [-0.05, 0) is 51.4 Å². The molecule has 1 atom stereocenters. The number of anilines is 4. The number of hydrogen-bond donors (Lipinski definition) is 3. The van der Waals surface area contributed by atoms with Gasteiger partial charge < -0.3 is 34.9 Å². The molecule has 42 heavy (non-hydrogen) atoms. The molecule has 0 fully saturated rings. The van der Waals surface area contributed by atoms with E-state index >= 15 is 0 Å². The lowest BCUT2D eigenvalue weighted by Crippen LogP contribution is -2.31. The average molecular weight is 584 g/mol. The number of halogens is 3. The third-order valence-electron chi connectivity index (χ3n) is 6.71. The molecule has 13 heteroatoms. The third-order valence-corrected chi connectivity index (χ3v) is 6.71. The minimum atomic E-state index is -4.72. The third kappa shape index (κ3) is 6.41. The Morgan fingerprint density at radius 3 is 2.50 bits per heavy atom. The maximum atomic E-state index is 14.1. The van der Waals surface area contributed by atoms with E-state index in [9.17, 15) is 18.0 Å². The number of amides is 1. The molecule has 4 rings (SSSR count). The van der Waals surface area contributed by atoms with Crippen LogP contribution in [0.5, 0.6) is 11.5 Å². The number of carbonyl (C=O) groups is 1. The zero-order valence-electron chi connectivity index (χ0n) is 23.8. The van der Waals surface area contributed by atoms with Crippen molar-refractivity contribution in [3.8, 4) is 17.3 Å². The van der Waals surface area contributed by atoms with Gasteiger partial charge in [-0.25, -0.2) is 4.98 Å². The van der Waals surface area contributed by atoms with Crippen LogP contribution in [-0.4, -0.2) is 66.2 Å². The van der Waals surface area contributed by atoms with Crippen LogP contribution in [0.25, 0.3) is 16.7 Å². The molecule has 4 aromatic rings. The molecular weight excluding hydrogens is 551 g/mol. The van der Waals surface area contributed by atoms with Crippen molar-refractivity contribution in [2.24, 2.45) is 0 Å². The Bertz CT molecular complexity index is 1600. The Morgan fingerprint density at radius 1 is 1.12 bits per heavy atom. The highest BCUT2D eigenvalue weighted by Gasteiger charge is 2.36. The zero-order valence-corrected chi connectivity index (χ0v) is 23.8. The molecule has 10 nitrogen and oxygen atoms in total. The number of carbonyl (C=O) groups excluding carboxylic acids is 1. The van der Waals surface area contributed by atoms with Gasteiger partial charge in [0.1, 0.15) is 17.1 Å². The minimum absolute atomic E-state index is 0.121. The number of aromatic nitrogens is 3. The van der Waals surface area contributed by atoms with Gasteiger partial charge in [0.15, 0.2) is 5.82 Å². The number of nitrogens with one attached hydrogen (secondary N) is 3. The number of alkyl halides is 3. The molecule has 3 N–H and O–H groups in total. The highest BCUT2D eigenvalue weighted by molar-refractivity contribution is 6.02. The van der Waals surface area contributed by atoms with Gasteiger partial charge in [0.05, 0.1) is 36.8 Å². The second-order valence-corrected chi connectivity index (χ2v) is 9.62. The van der Waals surface area contributed by atoms with Crippen LogP contribution in [-0.2, 0) is 11.0 Å². The molecule has 2 aromatic carbocycles. The Balaban J connectivity index is 1.79. The van der Waals surface area contributed by atoms with Crippen LogP contribution in [0.3, 0.4) is 0 Å². The van der Waals surface area contributed by atoms with Gasteiger partial charge in [0, 0.05) is 36.4 Å². The largest absolute Gasteiger partial charge is 0.496 e. The molecule has 0 aliphatic rings. The molecular formula is C29H32F3N7O3. The van der Waals surface area contributed by atoms with E-state index in [0.717, 1.165) is 12.3 Å². The second kappa shape index (κ2) is 12.4. The summed E-state index contributed by atoms with van der Waals surface area (Å²) >= 11 is 0. The van der Waals surface area contributed by atoms with Crippen LogP contribution in [0.2, 0.25) is 0 Å². The van der Waals surface area contributed by atoms with Crippen LogP contribution in [0, 0.1) is 0 Å². The van der Waals surface area contributed by atoms with E-state index in [1.165, 1.54) is 25.0 Å². The SMILES string of the molecule is C=CC(=O)Nc1cc(Nc2ncc(C(F)(F)F)c(-n3ccc4c(OC)cccc43)n2)c(OC)cc1NCC(C)N(C)C. The van der Waals surface area contributed by atoms with E-state index in [4.69, 9.17) is 9.47 Å². The Labute approximate surface area is 241 Å². The van der Waals surface area contributed by atoms with Crippen LogP contribution in [0.1, 0.15) is 12.5 Å². The Hall–Kier alpha value is -4.78. The predicted molar refractivity (Wildman–Crippen MR) is 157 cm³/mol. The van der Waals surface area contributed by atoms with Crippen molar-refractivity contribution in [3.63, 3.8) is 0 Å². The van der Waals surface area contributed by atoms with E-state index in [1.54, 1.807) is 36.4 Å². The summed E-state index contributed by atoms with van der Waals surface area (Å²) in [4.78, 5) is 22.5. The summed E-state index contributed by atoms with van der Waals surface area (Å²) in [5.74, 6) is -0.0901. The van der Waals surface area contributed by atoms with Crippen LogP contribution >= 0.6 is 0 Å². The summed E-state index contributed by atoms with van der Waals surface area (Å²) < 4.78 is 54.5. The smallest absolute Gasteiger partial charge is 0.421 e. The maximum Gasteiger partial charge on any atom is 0.421 e. The molecule has 0 aliphatic carbocycles. The normalized spacial score (nSPS) is 12.2. The summed E-state index contributed by atoms with van der Waals surface area (Å²) in [6.07, 6.45) is -1.37. The van der Waals surface area contributed by atoms with Crippen molar-refractivity contribution in [1.29, 1.82) is 0 Å². The molecule has 1 amide bonds. The van der Waals surface area contributed by atoms with Gasteiger partial charge in [0.25, 0.3) is 0 Å². The summed E-state index contributed by atoms with van der Waals surface area (Å²) in [6, 6.07) is 10.2. The number of methoxy groups -OCH3 is 2. The lowest BCUT2D eigenvalue weighted by molar-refractivity contribution is -0.137. The fourth-order valence-corrected chi connectivity index (χ4v) is 4.16. The lowest BCUT2D eigenvalue weighted by Gasteiger charge is -2.23. The highest BCUT2D eigenvalue weighted by Crippen LogP contribution is 2.39. The van der Waals surface area contributed by atoms with Crippen LogP contribution < -0.4 is 25.4 Å². The number of likely N-dealkylation sites (N-methyl/N-ethyl adjacent to an activating group) is 1. The van der Waals surface area contributed by atoms with E-state index in [0.29, 0.717) is 46.0 Å². The fourth-order valence-electron chi connectivity index (χ4n) is 4.16. The molecule has 1 unspecified atom stereocenters. The molecule has 0 spiro atoms. The van der Waals surface area contributed by atoms with E-state index in [-0.39, 0.29) is 17.8 Å². The van der Waals surface area contributed by atoms with Crippen molar-refractivity contribution in [1.82, 2.24) is 19.4 Å². The van der Waals surface area contributed by atoms with Gasteiger partial charge in [0.2, 0.25) is 11.9 Å².